The van der Waals surface area contributed by atoms with Crippen molar-refractivity contribution in [2.24, 2.45) is 16.8 Å². The van der Waals surface area contributed by atoms with Gasteiger partial charge >= 0.3 is 5.97 Å². The SMILES string of the molecule is CCC[C@@H](CC[C@H](Cc1ccc(F)cc1)C(=O)N[C@H]1CCS[C@H]2CCC[C@@H](C(=O)OC)N2C1=O)C(=O)N=C1CCCCN(c2ccccc2OC)C1=O. The van der Waals surface area contributed by atoms with E-state index < -0.39 is 35.7 Å². The third-order valence-corrected chi connectivity index (χ3v) is 11.7. The van der Waals surface area contributed by atoms with Crippen molar-refractivity contribution in [3.05, 3.63) is 59.9 Å². The number of rotatable bonds is 13. The number of aliphatic imine (C=N–C) groups is 1. The van der Waals surface area contributed by atoms with E-state index >= 15 is 0 Å². The van der Waals surface area contributed by atoms with Gasteiger partial charge in [0, 0.05) is 18.4 Å². The van der Waals surface area contributed by atoms with E-state index in [0.717, 1.165) is 24.8 Å². The molecule has 0 spiro atoms. The van der Waals surface area contributed by atoms with Gasteiger partial charge in [-0.3, -0.25) is 19.2 Å². The van der Waals surface area contributed by atoms with Crippen LogP contribution in [0.5, 0.6) is 5.75 Å². The number of fused-ring (bicyclic) bond motifs is 1. The van der Waals surface area contributed by atoms with E-state index in [1.807, 2.05) is 25.1 Å². The molecule has 5 rings (SSSR count). The minimum absolute atomic E-state index is 0.165. The van der Waals surface area contributed by atoms with Crippen LogP contribution in [0.3, 0.4) is 0 Å². The molecule has 0 radical (unpaired) electrons. The van der Waals surface area contributed by atoms with Gasteiger partial charge in [-0.15, -0.1) is 11.8 Å². The molecule has 3 heterocycles. The molecule has 0 saturated carbocycles. The van der Waals surface area contributed by atoms with Crippen LogP contribution in [0.15, 0.2) is 53.5 Å². The monoisotopic (exact) mass is 750 g/mol. The van der Waals surface area contributed by atoms with Gasteiger partial charge in [-0.1, -0.05) is 37.6 Å². The molecule has 3 aliphatic heterocycles. The normalized spacial score (nSPS) is 22.6. The van der Waals surface area contributed by atoms with E-state index in [2.05, 4.69) is 10.3 Å². The van der Waals surface area contributed by atoms with Gasteiger partial charge in [0.2, 0.25) is 17.7 Å². The van der Waals surface area contributed by atoms with Crippen LogP contribution in [0.2, 0.25) is 0 Å². The van der Waals surface area contributed by atoms with E-state index in [-0.39, 0.29) is 41.1 Å². The van der Waals surface area contributed by atoms with Gasteiger partial charge < -0.3 is 24.6 Å². The first kappa shape index (κ1) is 39.9. The highest BCUT2D eigenvalue weighted by molar-refractivity contribution is 7.99. The second kappa shape index (κ2) is 19.2. The van der Waals surface area contributed by atoms with Gasteiger partial charge in [0.05, 0.1) is 25.3 Å². The number of ether oxygens (including phenoxy) is 2. The number of nitrogens with one attached hydrogen (secondary N) is 1. The Morgan fingerprint density at radius 1 is 0.962 bits per heavy atom. The minimum Gasteiger partial charge on any atom is -0.495 e. The molecule has 11 nitrogen and oxygen atoms in total. The summed E-state index contributed by atoms with van der Waals surface area (Å²) in [6, 6.07) is 11.7. The molecular formula is C40H51FN4O7S. The second-order valence-corrected chi connectivity index (χ2v) is 15.2. The quantitative estimate of drug-likeness (QED) is 0.251. The van der Waals surface area contributed by atoms with Gasteiger partial charge in [0.15, 0.2) is 0 Å². The van der Waals surface area contributed by atoms with E-state index in [1.165, 1.54) is 19.2 Å². The van der Waals surface area contributed by atoms with Crippen LogP contribution in [0, 0.1) is 17.7 Å². The molecule has 0 bridgehead atoms. The molecule has 1 N–H and O–H groups in total. The lowest BCUT2D eigenvalue weighted by molar-refractivity contribution is -0.156. The van der Waals surface area contributed by atoms with Crippen LogP contribution in [-0.2, 0) is 35.1 Å². The molecular weight excluding hydrogens is 700 g/mol. The Balaban J connectivity index is 1.33. The lowest BCUT2D eigenvalue weighted by atomic mass is 9.87. The standard InChI is InChI=1S/C40H51FN4O7S/c1-4-10-27(36(46)42-30-11-7-8-23-44(38(30)48)32-12-5-6-14-34(32)51-2)18-19-28(25-26-16-20-29(41)21-17-26)37(47)43-31-22-24-53-35-15-9-13-33(40(50)52-3)45(35)39(31)49/h5-6,12,14,16-17,20-21,27-28,31,33,35H,4,7-11,13,15,18-19,22-25H2,1-3H3,(H,43,47)/t27-,28+,31-,33-,35-/m0/s1. The zero-order valence-corrected chi connectivity index (χ0v) is 31.7. The van der Waals surface area contributed by atoms with Gasteiger partial charge in [0.1, 0.15) is 29.4 Å². The molecule has 3 aliphatic rings. The van der Waals surface area contributed by atoms with Crippen molar-refractivity contribution in [1.82, 2.24) is 10.2 Å². The second-order valence-electron chi connectivity index (χ2n) is 14.0. The molecule has 4 amide bonds. The van der Waals surface area contributed by atoms with Crippen LogP contribution in [0.25, 0.3) is 0 Å². The maximum Gasteiger partial charge on any atom is 0.328 e. The third-order valence-electron chi connectivity index (χ3n) is 10.4. The Morgan fingerprint density at radius 2 is 1.72 bits per heavy atom. The zero-order chi connectivity index (χ0) is 37.9. The van der Waals surface area contributed by atoms with E-state index in [4.69, 9.17) is 9.47 Å². The number of anilines is 1. The fraction of sp³-hybridized carbons (Fsp3) is 0.550. The summed E-state index contributed by atoms with van der Waals surface area (Å²) < 4.78 is 24.3. The molecule has 0 unspecified atom stereocenters. The number of para-hydroxylation sites is 2. The molecule has 3 saturated heterocycles. The molecule has 2 aromatic carbocycles. The Hall–Kier alpha value is -4.26. The van der Waals surface area contributed by atoms with Crippen molar-refractivity contribution in [1.29, 1.82) is 0 Å². The summed E-state index contributed by atoms with van der Waals surface area (Å²) in [6.07, 6.45) is 6.45. The van der Waals surface area contributed by atoms with Gasteiger partial charge in [-0.05, 0) is 106 Å². The number of methoxy groups -OCH3 is 2. The van der Waals surface area contributed by atoms with Crippen LogP contribution in [0.1, 0.15) is 83.1 Å². The number of carbonyl (C=O) groups is 5. The highest BCUT2D eigenvalue weighted by Gasteiger charge is 2.44. The number of piperidine rings is 1. The van der Waals surface area contributed by atoms with E-state index in [1.54, 1.807) is 46.9 Å². The largest absolute Gasteiger partial charge is 0.495 e. The summed E-state index contributed by atoms with van der Waals surface area (Å²) in [6.45, 7) is 2.45. The molecule has 3 fully saturated rings. The number of halogens is 1. The predicted molar refractivity (Wildman–Crippen MR) is 202 cm³/mol. The van der Waals surface area contributed by atoms with Crippen LogP contribution in [-0.4, -0.2) is 84.2 Å². The lowest BCUT2D eigenvalue weighted by Gasteiger charge is -2.40. The first-order chi connectivity index (χ1) is 25.6. The molecule has 53 heavy (non-hydrogen) atoms. The number of nitrogens with zero attached hydrogens (tertiary/aromatic N) is 3. The molecule has 13 heteroatoms. The number of hydrogen-bond donors (Lipinski definition) is 1. The molecule has 0 aliphatic carbocycles. The average Bonchev–Trinajstić information content (AvgIpc) is 3.45. The highest BCUT2D eigenvalue weighted by Crippen LogP contribution is 2.35. The Labute approximate surface area is 315 Å². The summed E-state index contributed by atoms with van der Waals surface area (Å²) in [5, 5.41) is 2.84. The predicted octanol–water partition coefficient (Wildman–Crippen LogP) is 5.88. The summed E-state index contributed by atoms with van der Waals surface area (Å²) in [5.74, 6) is -2.18. The number of esters is 1. The summed E-state index contributed by atoms with van der Waals surface area (Å²) in [4.78, 5) is 76.0. The van der Waals surface area contributed by atoms with Crippen molar-refractivity contribution in [2.75, 3.05) is 31.4 Å². The topological polar surface area (TPSA) is 135 Å². The van der Waals surface area contributed by atoms with Crippen LogP contribution >= 0.6 is 11.8 Å². The summed E-state index contributed by atoms with van der Waals surface area (Å²) in [5.41, 5.74) is 1.59. The molecule has 286 valence electrons. The zero-order valence-electron chi connectivity index (χ0n) is 30.9. The lowest BCUT2D eigenvalue weighted by Crippen LogP contribution is -2.57. The Morgan fingerprint density at radius 3 is 2.45 bits per heavy atom. The Kier molecular flexibility index (Phi) is 14.5. The first-order valence-electron chi connectivity index (χ1n) is 18.8. The smallest absolute Gasteiger partial charge is 0.328 e. The number of benzene rings is 2. The third kappa shape index (κ3) is 10.0. The number of thioether (sulfide) groups is 1. The van der Waals surface area contributed by atoms with Gasteiger partial charge in [-0.25, -0.2) is 14.2 Å². The maximum atomic E-state index is 14.1. The van der Waals surface area contributed by atoms with E-state index in [0.29, 0.717) is 75.1 Å². The Bertz CT molecular complexity index is 1650. The minimum atomic E-state index is -0.826. The summed E-state index contributed by atoms with van der Waals surface area (Å²) >= 11 is 1.61. The fourth-order valence-corrected chi connectivity index (χ4v) is 8.94. The van der Waals surface area contributed by atoms with Gasteiger partial charge in [0.25, 0.3) is 5.91 Å². The van der Waals surface area contributed by atoms with Crippen LogP contribution < -0.4 is 15.0 Å². The van der Waals surface area contributed by atoms with Crippen molar-refractivity contribution in [3.63, 3.8) is 0 Å². The number of amides is 4. The van der Waals surface area contributed by atoms with E-state index in [9.17, 15) is 28.4 Å². The first-order valence-corrected chi connectivity index (χ1v) is 19.8. The molecule has 5 atom stereocenters. The number of hydrogen-bond acceptors (Lipinski definition) is 8. The molecule has 0 aromatic heterocycles. The van der Waals surface area contributed by atoms with Crippen molar-refractivity contribution < 1.29 is 37.8 Å². The molecule has 2 aromatic rings. The van der Waals surface area contributed by atoms with Crippen molar-refractivity contribution in [2.45, 2.75) is 101 Å². The van der Waals surface area contributed by atoms with Gasteiger partial charge in [-0.2, -0.15) is 0 Å². The summed E-state index contributed by atoms with van der Waals surface area (Å²) in [7, 11) is 2.87. The van der Waals surface area contributed by atoms with Crippen molar-refractivity contribution >= 4 is 52.8 Å². The highest BCUT2D eigenvalue weighted by atomic mass is 32.2. The van der Waals surface area contributed by atoms with Crippen molar-refractivity contribution in [3.8, 4) is 5.75 Å². The fourth-order valence-electron chi connectivity index (χ4n) is 7.55. The maximum absolute atomic E-state index is 14.1. The average molecular weight is 751 g/mol. The van der Waals surface area contributed by atoms with Crippen LogP contribution in [0.4, 0.5) is 10.1 Å². The number of carbonyl (C=O) groups excluding carboxylic acids is 5.